The molecule has 0 bridgehead atoms. The minimum atomic E-state index is 0.526. The fourth-order valence-corrected chi connectivity index (χ4v) is 2.67. The highest BCUT2D eigenvalue weighted by molar-refractivity contribution is 6.31. The molecule has 0 saturated carbocycles. The van der Waals surface area contributed by atoms with Crippen LogP contribution < -0.4 is 0 Å². The molecule has 110 valence electrons. The summed E-state index contributed by atoms with van der Waals surface area (Å²) in [6, 6.07) is 5.71. The molecular weight excluding hydrogens is 311 g/mol. The molecule has 3 rings (SSSR count). The predicted octanol–water partition coefficient (Wildman–Crippen LogP) is 3.41. The monoisotopic (exact) mass is 324 g/mol. The summed E-state index contributed by atoms with van der Waals surface area (Å²) in [5.41, 5.74) is 1.92. The van der Waals surface area contributed by atoms with Gasteiger partial charge in [0.05, 0.1) is 11.0 Å². The Balaban J connectivity index is 1.92. The summed E-state index contributed by atoms with van der Waals surface area (Å²) in [7, 11) is 0. The Bertz CT molecular complexity index is 766. The minimum absolute atomic E-state index is 0.526. The van der Waals surface area contributed by atoms with E-state index < -0.39 is 0 Å². The van der Waals surface area contributed by atoms with Gasteiger partial charge in [-0.05, 0) is 18.2 Å². The lowest BCUT2D eigenvalue weighted by molar-refractivity contribution is 0.386. The van der Waals surface area contributed by atoms with E-state index in [1.165, 1.54) is 0 Å². The molecule has 0 aliphatic rings. The van der Waals surface area contributed by atoms with Gasteiger partial charge in [0.2, 0.25) is 5.89 Å². The SMILES string of the molecule is Cc1nc(CCn2c(CCCl)nc3cc(Cl)ccc32)no1. The van der Waals surface area contributed by atoms with Crippen molar-refractivity contribution in [2.75, 3.05) is 5.88 Å². The largest absolute Gasteiger partial charge is 0.340 e. The highest BCUT2D eigenvalue weighted by atomic mass is 35.5. The van der Waals surface area contributed by atoms with Crippen LogP contribution in [0.25, 0.3) is 11.0 Å². The second kappa shape index (κ2) is 6.03. The van der Waals surface area contributed by atoms with Crippen molar-refractivity contribution in [3.63, 3.8) is 0 Å². The third-order valence-corrected chi connectivity index (χ3v) is 3.66. The number of alkyl halides is 1. The first-order valence-corrected chi connectivity index (χ1v) is 7.58. The highest BCUT2D eigenvalue weighted by Gasteiger charge is 2.12. The van der Waals surface area contributed by atoms with Crippen LogP contribution in [0.15, 0.2) is 22.7 Å². The van der Waals surface area contributed by atoms with Crippen LogP contribution in [-0.4, -0.2) is 25.6 Å². The number of imidazole rings is 1. The van der Waals surface area contributed by atoms with Crippen molar-refractivity contribution in [1.82, 2.24) is 19.7 Å². The molecule has 7 heteroatoms. The predicted molar refractivity (Wildman–Crippen MR) is 81.9 cm³/mol. The average Bonchev–Trinajstić information content (AvgIpc) is 3.00. The van der Waals surface area contributed by atoms with Gasteiger partial charge in [-0.15, -0.1) is 11.6 Å². The summed E-state index contributed by atoms with van der Waals surface area (Å²) in [5, 5.41) is 4.60. The van der Waals surface area contributed by atoms with Crippen LogP contribution in [0.2, 0.25) is 5.02 Å². The molecule has 5 nitrogen and oxygen atoms in total. The lowest BCUT2D eigenvalue weighted by Gasteiger charge is -2.06. The van der Waals surface area contributed by atoms with E-state index in [4.69, 9.17) is 27.7 Å². The quantitative estimate of drug-likeness (QED) is 0.675. The van der Waals surface area contributed by atoms with Crippen LogP contribution in [0.5, 0.6) is 0 Å². The summed E-state index contributed by atoms with van der Waals surface area (Å²) >= 11 is 11.9. The van der Waals surface area contributed by atoms with Crippen LogP contribution >= 0.6 is 23.2 Å². The second-order valence-corrected chi connectivity index (χ2v) is 5.55. The number of aromatic nitrogens is 4. The number of hydrogen-bond donors (Lipinski definition) is 0. The van der Waals surface area contributed by atoms with E-state index in [1.54, 1.807) is 6.92 Å². The van der Waals surface area contributed by atoms with E-state index in [-0.39, 0.29) is 0 Å². The van der Waals surface area contributed by atoms with E-state index >= 15 is 0 Å². The van der Waals surface area contributed by atoms with Crippen molar-refractivity contribution >= 4 is 34.2 Å². The number of aryl methyl sites for hydroxylation is 4. The topological polar surface area (TPSA) is 56.7 Å². The van der Waals surface area contributed by atoms with E-state index in [0.717, 1.165) is 23.4 Å². The number of rotatable bonds is 5. The number of hydrogen-bond acceptors (Lipinski definition) is 4. The third-order valence-electron chi connectivity index (χ3n) is 3.24. The van der Waals surface area contributed by atoms with Gasteiger partial charge in [-0.1, -0.05) is 16.8 Å². The van der Waals surface area contributed by atoms with Crippen molar-refractivity contribution in [2.24, 2.45) is 0 Å². The van der Waals surface area contributed by atoms with Gasteiger partial charge >= 0.3 is 0 Å². The zero-order valence-electron chi connectivity index (χ0n) is 11.5. The smallest absolute Gasteiger partial charge is 0.223 e. The fourth-order valence-electron chi connectivity index (χ4n) is 2.33. The molecule has 3 aromatic rings. The maximum absolute atomic E-state index is 6.03. The van der Waals surface area contributed by atoms with Crippen LogP contribution in [0.3, 0.4) is 0 Å². The van der Waals surface area contributed by atoms with E-state index in [9.17, 15) is 0 Å². The Kier molecular flexibility index (Phi) is 4.12. The van der Waals surface area contributed by atoms with Gasteiger partial charge in [-0.25, -0.2) is 4.98 Å². The number of nitrogens with zero attached hydrogens (tertiary/aromatic N) is 4. The summed E-state index contributed by atoms with van der Waals surface area (Å²) in [6.07, 6.45) is 1.39. The molecule has 0 fully saturated rings. The molecule has 0 aliphatic carbocycles. The molecule has 2 aromatic heterocycles. The zero-order chi connectivity index (χ0) is 14.8. The molecule has 0 spiro atoms. The molecular formula is C14H14Cl2N4O. The molecule has 0 aliphatic heterocycles. The summed E-state index contributed by atoms with van der Waals surface area (Å²) < 4.78 is 7.13. The molecule has 0 radical (unpaired) electrons. The molecule has 0 amide bonds. The van der Waals surface area contributed by atoms with Crippen LogP contribution in [0.1, 0.15) is 17.5 Å². The van der Waals surface area contributed by atoms with Gasteiger partial charge in [0.1, 0.15) is 5.82 Å². The summed E-state index contributed by atoms with van der Waals surface area (Å²) in [5.74, 6) is 2.74. The molecule has 1 aromatic carbocycles. The van der Waals surface area contributed by atoms with Crippen molar-refractivity contribution in [1.29, 1.82) is 0 Å². The standard InChI is InChI=1S/C14H14Cl2N4O/c1-9-17-13(19-21-9)5-7-20-12-3-2-10(16)8-11(12)18-14(20)4-6-15/h2-3,8H,4-7H2,1H3. The number of fused-ring (bicyclic) bond motifs is 1. The maximum Gasteiger partial charge on any atom is 0.223 e. The lowest BCUT2D eigenvalue weighted by Crippen LogP contribution is -2.07. The van der Waals surface area contributed by atoms with Gasteiger partial charge in [-0.3, -0.25) is 0 Å². The average molecular weight is 325 g/mol. The normalized spacial score (nSPS) is 11.4. The Labute approximate surface area is 131 Å². The van der Waals surface area contributed by atoms with Gasteiger partial charge in [-0.2, -0.15) is 4.98 Å². The van der Waals surface area contributed by atoms with Crippen LogP contribution in [-0.2, 0) is 19.4 Å². The Hall–Kier alpha value is -1.59. The number of benzene rings is 1. The molecule has 21 heavy (non-hydrogen) atoms. The molecule has 0 atom stereocenters. The first-order valence-electron chi connectivity index (χ1n) is 6.67. The Morgan fingerprint density at radius 3 is 2.81 bits per heavy atom. The van der Waals surface area contributed by atoms with Crippen molar-refractivity contribution in [3.05, 3.63) is 40.8 Å². The molecule has 0 saturated heterocycles. The maximum atomic E-state index is 6.03. The van der Waals surface area contributed by atoms with Gasteiger partial charge < -0.3 is 9.09 Å². The lowest BCUT2D eigenvalue weighted by atomic mass is 10.3. The van der Waals surface area contributed by atoms with Crippen molar-refractivity contribution in [2.45, 2.75) is 26.3 Å². The van der Waals surface area contributed by atoms with E-state index in [2.05, 4.69) is 19.7 Å². The van der Waals surface area contributed by atoms with E-state index in [1.807, 2.05) is 18.2 Å². The highest BCUT2D eigenvalue weighted by Crippen LogP contribution is 2.21. The fraction of sp³-hybridized carbons (Fsp3) is 0.357. The Morgan fingerprint density at radius 2 is 2.10 bits per heavy atom. The van der Waals surface area contributed by atoms with Crippen molar-refractivity contribution < 1.29 is 4.52 Å². The molecule has 0 N–H and O–H groups in total. The van der Waals surface area contributed by atoms with Gasteiger partial charge in [0, 0.05) is 37.2 Å². The third kappa shape index (κ3) is 3.04. The van der Waals surface area contributed by atoms with Gasteiger partial charge in [0.25, 0.3) is 0 Å². The molecule has 2 heterocycles. The Morgan fingerprint density at radius 1 is 1.24 bits per heavy atom. The zero-order valence-corrected chi connectivity index (χ0v) is 13.0. The summed E-state index contributed by atoms with van der Waals surface area (Å²) in [4.78, 5) is 8.83. The summed E-state index contributed by atoms with van der Waals surface area (Å²) in [6.45, 7) is 2.51. The van der Waals surface area contributed by atoms with Crippen molar-refractivity contribution in [3.8, 4) is 0 Å². The van der Waals surface area contributed by atoms with Gasteiger partial charge in [0.15, 0.2) is 5.82 Å². The number of halogens is 2. The first-order chi connectivity index (χ1) is 10.2. The molecule has 0 unspecified atom stereocenters. The second-order valence-electron chi connectivity index (χ2n) is 4.73. The van der Waals surface area contributed by atoms with E-state index in [0.29, 0.717) is 35.5 Å². The first kappa shape index (κ1) is 14.4. The van der Waals surface area contributed by atoms with Crippen LogP contribution in [0, 0.1) is 6.92 Å². The van der Waals surface area contributed by atoms with Crippen LogP contribution in [0.4, 0.5) is 0 Å². The minimum Gasteiger partial charge on any atom is -0.340 e.